The second-order valence-electron chi connectivity index (χ2n) is 2.94. The van der Waals surface area contributed by atoms with Crippen molar-refractivity contribution in [2.24, 2.45) is 5.73 Å². The Morgan fingerprint density at radius 2 is 2.25 bits per heavy atom. The third kappa shape index (κ3) is 3.06. The van der Waals surface area contributed by atoms with E-state index in [1.165, 1.54) is 7.11 Å². The van der Waals surface area contributed by atoms with E-state index < -0.39 is 10.0 Å². The van der Waals surface area contributed by atoms with Gasteiger partial charge in [-0.15, -0.1) is 0 Å². The van der Waals surface area contributed by atoms with Crippen molar-refractivity contribution in [1.82, 2.24) is 4.72 Å². The highest BCUT2D eigenvalue weighted by Crippen LogP contribution is 2.18. The quantitative estimate of drug-likeness (QED) is 0.567. The SMILES string of the molecule is COCCS(=O)(=O)NC1CC1N. The minimum Gasteiger partial charge on any atom is -0.384 e. The Labute approximate surface area is 72.3 Å². The van der Waals surface area contributed by atoms with Crippen molar-refractivity contribution < 1.29 is 13.2 Å². The van der Waals surface area contributed by atoms with Gasteiger partial charge in [0.2, 0.25) is 10.0 Å². The van der Waals surface area contributed by atoms with Crippen LogP contribution in [0.4, 0.5) is 0 Å². The molecule has 12 heavy (non-hydrogen) atoms. The van der Waals surface area contributed by atoms with Gasteiger partial charge in [0.15, 0.2) is 0 Å². The van der Waals surface area contributed by atoms with Crippen LogP contribution in [-0.4, -0.2) is 40.0 Å². The molecule has 6 heteroatoms. The monoisotopic (exact) mass is 194 g/mol. The molecule has 1 rings (SSSR count). The lowest BCUT2D eigenvalue weighted by Gasteiger charge is -2.03. The van der Waals surface area contributed by atoms with Gasteiger partial charge in [-0.05, 0) is 6.42 Å². The number of nitrogens with two attached hydrogens (primary N) is 1. The van der Waals surface area contributed by atoms with Crippen LogP contribution in [-0.2, 0) is 14.8 Å². The molecule has 0 spiro atoms. The van der Waals surface area contributed by atoms with Crippen molar-refractivity contribution in [2.45, 2.75) is 18.5 Å². The Morgan fingerprint density at radius 1 is 1.67 bits per heavy atom. The molecule has 0 aliphatic heterocycles. The van der Waals surface area contributed by atoms with Crippen LogP contribution >= 0.6 is 0 Å². The summed E-state index contributed by atoms with van der Waals surface area (Å²) in [6.07, 6.45) is 0.742. The highest BCUT2D eigenvalue weighted by Gasteiger charge is 2.36. The minimum absolute atomic E-state index is 0.00215. The maximum absolute atomic E-state index is 11.1. The highest BCUT2D eigenvalue weighted by molar-refractivity contribution is 7.89. The first-order chi connectivity index (χ1) is 5.55. The van der Waals surface area contributed by atoms with E-state index in [9.17, 15) is 8.42 Å². The van der Waals surface area contributed by atoms with E-state index in [0.717, 1.165) is 6.42 Å². The predicted octanol–water partition coefficient (Wildman–Crippen LogP) is -1.35. The molecule has 0 radical (unpaired) electrons. The zero-order chi connectivity index (χ0) is 9.19. The first kappa shape index (κ1) is 9.91. The molecule has 1 aliphatic rings. The van der Waals surface area contributed by atoms with Crippen LogP contribution in [0, 0.1) is 0 Å². The van der Waals surface area contributed by atoms with Crippen LogP contribution < -0.4 is 10.5 Å². The zero-order valence-electron chi connectivity index (χ0n) is 6.99. The van der Waals surface area contributed by atoms with E-state index >= 15 is 0 Å². The minimum atomic E-state index is -3.17. The van der Waals surface area contributed by atoms with Gasteiger partial charge in [-0.3, -0.25) is 0 Å². The molecule has 0 aromatic rings. The van der Waals surface area contributed by atoms with Crippen molar-refractivity contribution in [3.05, 3.63) is 0 Å². The van der Waals surface area contributed by atoms with Crippen LogP contribution in [0.25, 0.3) is 0 Å². The van der Waals surface area contributed by atoms with Gasteiger partial charge in [-0.2, -0.15) is 0 Å². The van der Waals surface area contributed by atoms with Crippen molar-refractivity contribution in [1.29, 1.82) is 0 Å². The molecule has 1 saturated carbocycles. The molecule has 0 saturated heterocycles. The van der Waals surface area contributed by atoms with Crippen molar-refractivity contribution >= 4 is 10.0 Å². The van der Waals surface area contributed by atoms with Crippen molar-refractivity contribution in [3.63, 3.8) is 0 Å². The van der Waals surface area contributed by atoms with E-state index in [1.54, 1.807) is 0 Å². The van der Waals surface area contributed by atoms with Gasteiger partial charge in [-0.25, -0.2) is 13.1 Å². The fourth-order valence-corrected chi connectivity index (χ4v) is 2.07. The van der Waals surface area contributed by atoms with Gasteiger partial charge in [0.05, 0.1) is 12.4 Å². The molecule has 0 bridgehead atoms. The summed E-state index contributed by atoms with van der Waals surface area (Å²) in [7, 11) is -1.70. The normalized spacial score (nSPS) is 28.8. The van der Waals surface area contributed by atoms with Crippen LogP contribution in [0.15, 0.2) is 0 Å². The van der Waals surface area contributed by atoms with E-state index in [4.69, 9.17) is 5.73 Å². The Kier molecular flexibility index (Phi) is 3.05. The smallest absolute Gasteiger partial charge is 0.214 e. The summed E-state index contributed by atoms with van der Waals surface area (Å²) < 4.78 is 29.4. The molecule has 72 valence electrons. The lowest BCUT2D eigenvalue weighted by Crippen LogP contribution is -2.32. The topological polar surface area (TPSA) is 81.4 Å². The molecular formula is C6H14N2O3S. The van der Waals surface area contributed by atoms with E-state index in [1.807, 2.05) is 0 Å². The number of rotatable bonds is 5. The first-order valence-electron chi connectivity index (χ1n) is 3.79. The maximum Gasteiger partial charge on any atom is 0.214 e. The number of nitrogens with one attached hydrogen (secondary N) is 1. The number of methoxy groups -OCH3 is 1. The number of sulfonamides is 1. The van der Waals surface area contributed by atoms with Crippen LogP contribution in [0.3, 0.4) is 0 Å². The number of hydrogen-bond acceptors (Lipinski definition) is 4. The third-order valence-electron chi connectivity index (χ3n) is 1.73. The number of hydrogen-bond donors (Lipinski definition) is 2. The Balaban J connectivity index is 2.28. The first-order valence-corrected chi connectivity index (χ1v) is 5.45. The predicted molar refractivity (Wildman–Crippen MR) is 45.2 cm³/mol. The molecule has 3 N–H and O–H groups in total. The summed E-state index contributed by atoms with van der Waals surface area (Å²) in [6, 6.07) is -0.0471. The van der Waals surface area contributed by atoms with Crippen molar-refractivity contribution in [3.8, 4) is 0 Å². The van der Waals surface area contributed by atoms with Gasteiger partial charge in [0.1, 0.15) is 0 Å². The van der Waals surface area contributed by atoms with Crippen molar-refractivity contribution in [2.75, 3.05) is 19.5 Å². The number of ether oxygens (including phenoxy) is 1. The summed E-state index contributed by atoms with van der Waals surface area (Å²) in [5.41, 5.74) is 5.44. The highest BCUT2D eigenvalue weighted by atomic mass is 32.2. The Morgan fingerprint density at radius 3 is 2.67 bits per heavy atom. The summed E-state index contributed by atoms with van der Waals surface area (Å²) in [5.74, 6) is 0.00667. The molecule has 1 aliphatic carbocycles. The Hall–Kier alpha value is -0.170. The summed E-state index contributed by atoms with van der Waals surface area (Å²) in [4.78, 5) is 0. The zero-order valence-corrected chi connectivity index (χ0v) is 7.80. The average Bonchev–Trinajstić information content (AvgIpc) is 2.61. The molecule has 2 atom stereocenters. The lowest BCUT2D eigenvalue weighted by molar-refractivity contribution is 0.217. The summed E-state index contributed by atoms with van der Waals surface area (Å²) in [5, 5.41) is 0. The largest absolute Gasteiger partial charge is 0.384 e. The molecule has 0 amide bonds. The molecule has 2 unspecified atom stereocenters. The van der Waals surface area contributed by atoms with Gasteiger partial charge in [0.25, 0.3) is 0 Å². The van der Waals surface area contributed by atoms with E-state index in [-0.39, 0.29) is 24.4 Å². The summed E-state index contributed by atoms with van der Waals surface area (Å²) >= 11 is 0. The lowest BCUT2D eigenvalue weighted by atomic mass is 10.7. The van der Waals surface area contributed by atoms with E-state index in [2.05, 4.69) is 9.46 Å². The second-order valence-corrected chi connectivity index (χ2v) is 4.81. The molecule has 5 nitrogen and oxygen atoms in total. The maximum atomic E-state index is 11.1. The standard InChI is InChI=1S/C6H14N2O3S/c1-11-2-3-12(9,10)8-6-4-5(6)7/h5-6,8H,2-4,7H2,1H3. The van der Waals surface area contributed by atoms with Crippen LogP contribution in [0.1, 0.15) is 6.42 Å². The van der Waals surface area contributed by atoms with Crippen LogP contribution in [0.5, 0.6) is 0 Å². The van der Waals surface area contributed by atoms with Gasteiger partial charge in [-0.1, -0.05) is 0 Å². The van der Waals surface area contributed by atoms with Gasteiger partial charge < -0.3 is 10.5 Å². The Bertz CT molecular complexity index is 239. The van der Waals surface area contributed by atoms with Gasteiger partial charge >= 0.3 is 0 Å². The molecule has 0 heterocycles. The molecule has 0 aromatic heterocycles. The van der Waals surface area contributed by atoms with E-state index in [0.29, 0.717) is 0 Å². The molecule has 0 aromatic carbocycles. The van der Waals surface area contributed by atoms with Crippen LogP contribution in [0.2, 0.25) is 0 Å². The fourth-order valence-electron chi connectivity index (χ4n) is 0.833. The second kappa shape index (κ2) is 3.69. The third-order valence-corrected chi connectivity index (χ3v) is 3.09. The van der Waals surface area contributed by atoms with Gasteiger partial charge in [0, 0.05) is 19.2 Å². The molecule has 1 fully saturated rings. The average molecular weight is 194 g/mol. The molecular weight excluding hydrogens is 180 g/mol. The summed E-state index contributed by atoms with van der Waals surface area (Å²) in [6.45, 7) is 0.220. The fraction of sp³-hybridized carbons (Fsp3) is 1.00.